The van der Waals surface area contributed by atoms with Crippen LogP contribution in [0.3, 0.4) is 0 Å². The summed E-state index contributed by atoms with van der Waals surface area (Å²) in [6, 6.07) is 3.89. The third-order valence-corrected chi connectivity index (χ3v) is 2.54. The largest absolute Gasteiger partial charge is 0.247 e. The summed E-state index contributed by atoms with van der Waals surface area (Å²) in [5, 5.41) is 9.55. The molecule has 0 saturated heterocycles. The molecule has 0 aliphatic rings. The van der Waals surface area contributed by atoms with Gasteiger partial charge in [0.05, 0.1) is 5.56 Å². The van der Waals surface area contributed by atoms with E-state index in [0.717, 1.165) is 15.3 Å². The molecule has 0 fully saturated rings. The molecule has 0 saturated carbocycles. The van der Waals surface area contributed by atoms with Gasteiger partial charge in [-0.05, 0) is 27.7 Å². The van der Waals surface area contributed by atoms with Crippen molar-refractivity contribution in [3.05, 3.63) is 22.3 Å². The lowest BCUT2D eigenvalue weighted by atomic mass is 10.3. The number of nitriles is 1. The molecule has 2 nitrogen and oxygen atoms in total. The van der Waals surface area contributed by atoms with Gasteiger partial charge in [-0.3, -0.25) is 0 Å². The molecule has 12 heavy (non-hydrogen) atoms. The van der Waals surface area contributed by atoms with Gasteiger partial charge in [-0.2, -0.15) is 5.26 Å². The van der Waals surface area contributed by atoms with E-state index in [2.05, 4.69) is 27.0 Å². The smallest absolute Gasteiger partial charge is 0.114 e. The number of nitrogens with zero attached hydrogens (tertiary/aromatic N) is 2. The summed E-state index contributed by atoms with van der Waals surface area (Å²) in [6.07, 6.45) is 1.71. The third-order valence-electron chi connectivity index (χ3n) is 1.22. The zero-order valence-electron chi connectivity index (χ0n) is 6.54. The highest BCUT2D eigenvalue weighted by Gasteiger charge is 2.02. The van der Waals surface area contributed by atoms with Gasteiger partial charge in [0.15, 0.2) is 0 Å². The van der Waals surface area contributed by atoms with Crippen molar-refractivity contribution in [2.45, 2.75) is 11.9 Å². The number of aromatic nitrogens is 1. The molecular weight excluding hydrogens is 236 g/mol. The topological polar surface area (TPSA) is 36.7 Å². The van der Waals surface area contributed by atoms with Gasteiger partial charge in [0.25, 0.3) is 0 Å². The molecule has 4 heteroatoms. The van der Waals surface area contributed by atoms with Crippen molar-refractivity contribution in [3.63, 3.8) is 0 Å². The Balaban J connectivity index is 3.05. The summed E-state index contributed by atoms with van der Waals surface area (Å²) < 4.78 is 0.847. The minimum atomic E-state index is 0.635. The normalized spacial score (nSPS) is 9.42. The molecule has 1 rings (SSSR count). The van der Waals surface area contributed by atoms with Crippen molar-refractivity contribution < 1.29 is 0 Å². The molecule has 0 amide bonds. The van der Waals surface area contributed by atoms with Gasteiger partial charge in [-0.15, -0.1) is 11.8 Å². The summed E-state index contributed by atoms with van der Waals surface area (Å²) in [4.78, 5) is 4.13. The molecule has 0 aliphatic heterocycles. The van der Waals surface area contributed by atoms with Gasteiger partial charge in [0.2, 0.25) is 0 Å². The van der Waals surface area contributed by atoms with Crippen LogP contribution in [-0.4, -0.2) is 10.7 Å². The SMILES string of the molecule is CCSc1ncc(Br)cc1C#N. The fourth-order valence-corrected chi connectivity index (χ4v) is 1.75. The molecule has 0 unspecified atom stereocenters. The van der Waals surface area contributed by atoms with E-state index in [1.165, 1.54) is 0 Å². The maximum atomic E-state index is 8.75. The van der Waals surface area contributed by atoms with E-state index >= 15 is 0 Å². The Morgan fingerprint density at radius 3 is 3.08 bits per heavy atom. The van der Waals surface area contributed by atoms with Crippen LogP contribution in [0, 0.1) is 11.3 Å². The van der Waals surface area contributed by atoms with E-state index in [1.807, 2.05) is 6.92 Å². The first-order valence-corrected chi connectivity index (χ1v) is 5.24. The van der Waals surface area contributed by atoms with E-state index in [-0.39, 0.29) is 0 Å². The second kappa shape index (κ2) is 4.48. The lowest BCUT2D eigenvalue weighted by molar-refractivity contribution is 1.10. The van der Waals surface area contributed by atoms with Gasteiger partial charge in [0, 0.05) is 10.7 Å². The average Bonchev–Trinajstić information content (AvgIpc) is 2.08. The van der Waals surface area contributed by atoms with Crippen LogP contribution < -0.4 is 0 Å². The second-order valence-corrected chi connectivity index (χ2v) is 4.22. The lowest BCUT2D eigenvalue weighted by Crippen LogP contribution is -1.86. The minimum absolute atomic E-state index is 0.635. The molecule has 1 aromatic heterocycles. The van der Waals surface area contributed by atoms with Crippen molar-refractivity contribution in [3.8, 4) is 6.07 Å². The minimum Gasteiger partial charge on any atom is -0.247 e. The van der Waals surface area contributed by atoms with E-state index in [4.69, 9.17) is 5.26 Å². The van der Waals surface area contributed by atoms with Crippen LogP contribution >= 0.6 is 27.7 Å². The molecular formula is C8H7BrN2S. The highest BCUT2D eigenvalue weighted by atomic mass is 79.9. The maximum Gasteiger partial charge on any atom is 0.114 e. The Bertz CT molecular complexity index is 319. The fraction of sp³-hybridized carbons (Fsp3) is 0.250. The first kappa shape index (κ1) is 9.56. The number of rotatable bonds is 2. The van der Waals surface area contributed by atoms with Crippen molar-refractivity contribution in [1.29, 1.82) is 5.26 Å². The highest BCUT2D eigenvalue weighted by Crippen LogP contribution is 2.21. The van der Waals surface area contributed by atoms with Crippen LogP contribution in [0.4, 0.5) is 0 Å². The van der Waals surface area contributed by atoms with Gasteiger partial charge >= 0.3 is 0 Å². The number of pyridine rings is 1. The van der Waals surface area contributed by atoms with Gasteiger partial charge in [-0.1, -0.05) is 6.92 Å². The van der Waals surface area contributed by atoms with Crippen molar-refractivity contribution in [1.82, 2.24) is 4.98 Å². The van der Waals surface area contributed by atoms with Crippen molar-refractivity contribution in [2.24, 2.45) is 0 Å². The quantitative estimate of drug-likeness (QED) is 0.749. The molecule has 62 valence electrons. The summed E-state index contributed by atoms with van der Waals surface area (Å²) in [5.41, 5.74) is 0.635. The zero-order chi connectivity index (χ0) is 8.97. The van der Waals surface area contributed by atoms with Gasteiger partial charge in [0.1, 0.15) is 11.1 Å². The first-order chi connectivity index (χ1) is 5.77. The summed E-state index contributed by atoms with van der Waals surface area (Å²) >= 11 is 4.85. The van der Waals surface area contributed by atoms with Crippen LogP contribution in [0.5, 0.6) is 0 Å². The third kappa shape index (κ3) is 2.23. The molecule has 0 atom stereocenters. The molecule has 0 aliphatic carbocycles. The van der Waals surface area contributed by atoms with Gasteiger partial charge in [-0.25, -0.2) is 4.98 Å². The second-order valence-electron chi connectivity index (χ2n) is 2.05. The van der Waals surface area contributed by atoms with Gasteiger partial charge < -0.3 is 0 Å². The Hall–Kier alpha value is -0.530. The molecule has 1 heterocycles. The molecule has 0 bridgehead atoms. The summed E-state index contributed by atoms with van der Waals surface area (Å²) in [6.45, 7) is 2.04. The fourth-order valence-electron chi connectivity index (χ4n) is 0.759. The first-order valence-electron chi connectivity index (χ1n) is 3.46. The van der Waals surface area contributed by atoms with Crippen LogP contribution in [-0.2, 0) is 0 Å². The van der Waals surface area contributed by atoms with Crippen LogP contribution in [0.15, 0.2) is 21.8 Å². The Morgan fingerprint density at radius 1 is 1.75 bits per heavy atom. The number of hydrogen-bond donors (Lipinski definition) is 0. The number of halogens is 1. The van der Waals surface area contributed by atoms with Crippen LogP contribution in [0.1, 0.15) is 12.5 Å². The number of hydrogen-bond acceptors (Lipinski definition) is 3. The van der Waals surface area contributed by atoms with E-state index in [1.54, 1.807) is 24.0 Å². The molecule has 0 spiro atoms. The predicted molar refractivity (Wildman–Crippen MR) is 53.1 cm³/mol. The average molecular weight is 243 g/mol. The van der Waals surface area contributed by atoms with Crippen molar-refractivity contribution >= 4 is 27.7 Å². The zero-order valence-corrected chi connectivity index (χ0v) is 8.94. The molecule has 0 aromatic carbocycles. The molecule has 0 radical (unpaired) electrons. The molecule has 1 aromatic rings. The lowest BCUT2D eigenvalue weighted by Gasteiger charge is -1.99. The van der Waals surface area contributed by atoms with Crippen molar-refractivity contribution in [2.75, 3.05) is 5.75 Å². The Kier molecular flexibility index (Phi) is 3.57. The van der Waals surface area contributed by atoms with Crippen LogP contribution in [0.25, 0.3) is 0 Å². The predicted octanol–water partition coefficient (Wildman–Crippen LogP) is 2.83. The van der Waals surface area contributed by atoms with E-state index in [9.17, 15) is 0 Å². The Morgan fingerprint density at radius 2 is 2.50 bits per heavy atom. The Labute approximate surface area is 84.1 Å². The molecule has 0 N–H and O–H groups in total. The monoisotopic (exact) mass is 242 g/mol. The standard InChI is InChI=1S/C8H7BrN2S/c1-2-12-8-6(4-10)3-7(9)5-11-8/h3,5H,2H2,1H3. The highest BCUT2D eigenvalue weighted by molar-refractivity contribution is 9.10. The maximum absolute atomic E-state index is 8.75. The van der Waals surface area contributed by atoms with E-state index in [0.29, 0.717) is 5.56 Å². The number of thioether (sulfide) groups is 1. The van der Waals surface area contributed by atoms with E-state index < -0.39 is 0 Å². The summed E-state index contributed by atoms with van der Waals surface area (Å²) in [7, 11) is 0. The van der Waals surface area contributed by atoms with Crippen LogP contribution in [0.2, 0.25) is 0 Å². The summed E-state index contributed by atoms with van der Waals surface area (Å²) in [5.74, 6) is 0.934.